The molecule has 1 aliphatic heterocycles. The fraction of sp³-hybridized carbons (Fsp3) is 0.462. The molecule has 2 rings (SSSR count). The average molecular weight is 280 g/mol. The Balaban J connectivity index is 2.04. The van der Waals surface area contributed by atoms with Crippen LogP contribution in [0.1, 0.15) is 23.2 Å². The number of nitrogens with one attached hydrogen (secondary N) is 1. The van der Waals surface area contributed by atoms with Gasteiger partial charge in [0.1, 0.15) is 11.3 Å². The molecule has 7 nitrogen and oxygen atoms in total. The summed E-state index contributed by atoms with van der Waals surface area (Å²) in [4.78, 5) is 22.2. The number of carbonyl (C=O) groups excluding carboxylic acids is 1. The smallest absolute Gasteiger partial charge is 0.282 e. The third-order valence-electron chi connectivity index (χ3n) is 3.23. The van der Waals surface area contributed by atoms with Gasteiger partial charge in [-0.15, -0.1) is 0 Å². The predicted octanol–water partition coefficient (Wildman–Crippen LogP) is 1.46. The minimum atomic E-state index is -0.641. The molecule has 0 radical (unpaired) electrons. The van der Waals surface area contributed by atoms with Crippen LogP contribution in [0.2, 0.25) is 0 Å². The summed E-state index contributed by atoms with van der Waals surface area (Å²) in [6.07, 6.45) is 1.91. The van der Waals surface area contributed by atoms with Gasteiger partial charge in [-0.1, -0.05) is 0 Å². The van der Waals surface area contributed by atoms with Crippen LogP contribution in [0.3, 0.4) is 0 Å². The number of phenols is 1. The maximum absolute atomic E-state index is 12.0. The van der Waals surface area contributed by atoms with Crippen LogP contribution in [-0.4, -0.2) is 35.7 Å². The van der Waals surface area contributed by atoms with E-state index < -0.39 is 10.8 Å². The first-order valence-electron chi connectivity index (χ1n) is 6.41. The normalized spacial score (nSPS) is 18.5. The third kappa shape index (κ3) is 3.45. The molecule has 0 aliphatic carbocycles. The largest absolute Gasteiger partial charge is 0.508 e. The lowest BCUT2D eigenvalue weighted by Crippen LogP contribution is -2.33. The van der Waals surface area contributed by atoms with E-state index in [4.69, 9.17) is 4.74 Å². The second-order valence-corrected chi connectivity index (χ2v) is 4.75. The van der Waals surface area contributed by atoms with Crippen molar-refractivity contribution in [2.45, 2.75) is 12.8 Å². The molecule has 1 atom stereocenters. The average Bonchev–Trinajstić information content (AvgIpc) is 2.45. The quantitative estimate of drug-likeness (QED) is 0.642. The van der Waals surface area contributed by atoms with Crippen LogP contribution < -0.4 is 5.32 Å². The van der Waals surface area contributed by atoms with Gasteiger partial charge >= 0.3 is 0 Å². The Hall–Kier alpha value is -2.15. The first-order chi connectivity index (χ1) is 9.58. The topological polar surface area (TPSA) is 102 Å². The number of nitrogens with zero attached hydrogens (tertiary/aromatic N) is 1. The van der Waals surface area contributed by atoms with Crippen molar-refractivity contribution in [2.75, 3.05) is 19.8 Å². The number of amides is 1. The lowest BCUT2D eigenvalue weighted by Gasteiger charge is -2.22. The number of benzene rings is 1. The Labute approximate surface area is 115 Å². The molecular formula is C13H16N2O5. The van der Waals surface area contributed by atoms with E-state index in [0.717, 1.165) is 31.6 Å². The highest BCUT2D eigenvalue weighted by Crippen LogP contribution is 2.23. The van der Waals surface area contributed by atoms with Gasteiger partial charge in [0.05, 0.1) is 11.5 Å². The number of hydrogen-bond donors (Lipinski definition) is 2. The monoisotopic (exact) mass is 280 g/mol. The standard InChI is InChI=1S/C13H16N2O5/c16-10-3-4-12(15(18)19)11(6-10)13(17)14-7-9-2-1-5-20-8-9/h3-4,6,9,16H,1-2,5,7-8H2,(H,14,17). The summed E-state index contributed by atoms with van der Waals surface area (Å²) in [6.45, 7) is 1.73. The van der Waals surface area contributed by atoms with Crippen molar-refractivity contribution in [2.24, 2.45) is 5.92 Å². The number of aromatic hydroxyl groups is 1. The van der Waals surface area contributed by atoms with Crippen LogP contribution in [0.15, 0.2) is 18.2 Å². The lowest BCUT2D eigenvalue weighted by atomic mass is 10.0. The van der Waals surface area contributed by atoms with Crippen LogP contribution in [0, 0.1) is 16.0 Å². The maximum atomic E-state index is 12.0. The van der Waals surface area contributed by atoms with Gasteiger partial charge in [0.25, 0.3) is 11.6 Å². The van der Waals surface area contributed by atoms with E-state index in [9.17, 15) is 20.0 Å². The Morgan fingerprint density at radius 3 is 3.00 bits per heavy atom. The number of carbonyl (C=O) groups is 1. The molecule has 1 saturated heterocycles. The van der Waals surface area contributed by atoms with Gasteiger partial charge in [-0.05, 0) is 30.9 Å². The van der Waals surface area contributed by atoms with E-state index in [2.05, 4.69) is 5.32 Å². The Bertz CT molecular complexity index is 511. The molecule has 0 saturated carbocycles. The highest BCUT2D eigenvalue weighted by atomic mass is 16.6. The van der Waals surface area contributed by atoms with Crippen molar-refractivity contribution in [1.29, 1.82) is 0 Å². The number of phenolic OH excluding ortho intramolecular Hbond substituents is 1. The van der Waals surface area contributed by atoms with Gasteiger partial charge in [-0.25, -0.2) is 0 Å². The molecule has 108 valence electrons. The fourth-order valence-corrected chi connectivity index (χ4v) is 2.17. The van der Waals surface area contributed by atoms with Crippen molar-refractivity contribution in [3.63, 3.8) is 0 Å². The molecule has 0 bridgehead atoms. The van der Waals surface area contributed by atoms with Crippen molar-refractivity contribution < 1.29 is 19.6 Å². The molecule has 1 aromatic carbocycles. The van der Waals surface area contributed by atoms with Gasteiger partial charge < -0.3 is 15.2 Å². The summed E-state index contributed by atoms with van der Waals surface area (Å²) >= 11 is 0. The van der Waals surface area contributed by atoms with E-state index in [1.165, 1.54) is 6.07 Å². The van der Waals surface area contributed by atoms with Crippen molar-refractivity contribution >= 4 is 11.6 Å². The summed E-state index contributed by atoms with van der Waals surface area (Å²) in [5.41, 5.74) is -0.452. The molecule has 1 aromatic rings. The van der Waals surface area contributed by atoms with Crippen LogP contribution in [-0.2, 0) is 4.74 Å². The first-order valence-corrected chi connectivity index (χ1v) is 6.41. The minimum absolute atomic E-state index is 0.133. The zero-order chi connectivity index (χ0) is 14.5. The lowest BCUT2D eigenvalue weighted by molar-refractivity contribution is -0.385. The third-order valence-corrected chi connectivity index (χ3v) is 3.23. The zero-order valence-corrected chi connectivity index (χ0v) is 10.9. The predicted molar refractivity (Wildman–Crippen MR) is 70.6 cm³/mol. The van der Waals surface area contributed by atoms with Crippen LogP contribution in [0.5, 0.6) is 5.75 Å². The summed E-state index contributed by atoms with van der Waals surface area (Å²) in [5.74, 6) is -0.510. The van der Waals surface area contributed by atoms with E-state index >= 15 is 0 Å². The van der Waals surface area contributed by atoms with Crippen LogP contribution in [0.4, 0.5) is 5.69 Å². The number of ether oxygens (including phenoxy) is 1. The van der Waals surface area contributed by atoms with E-state index in [1.807, 2.05) is 0 Å². The minimum Gasteiger partial charge on any atom is -0.508 e. The molecule has 0 spiro atoms. The Kier molecular flexibility index (Phi) is 4.52. The van der Waals surface area contributed by atoms with E-state index in [0.29, 0.717) is 13.2 Å². The zero-order valence-electron chi connectivity index (χ0n) is 10.9. The molecule has 1 unspecified atom stereocenters. The second-order valence-electron chi connectivity index (χ2n) is 4.75. The molecule has 1 fully saturated rings. The van der Waals surface area contributed by atoms with Gasteiger partial charge in [-0.3, -0.25) is 14.9 Å². The molecule has 0 aromatic heterocycles. The number of rotatable bonds is 4. The van der Waals surface area contributed by atoms with Crippen molar-refractivity contribution in [1.82, 2.24) is 5.32 Å². The van der Waals surface area contributed by atoms with Gasteiger partial charge in [0, 0.05) is 19.2 Å². The summed E-state index contributed by atoms with van der Waals surface area (Å²) in [5, 5.41) is 22.9. The SMILES string of the molecule is O=C(NCC1CCCOC1)c1cc(O)ccc1[N+](=O)[O-]. The summed E-state index contributed by atoms with van der Waals surface area (Å²) < 4.78 is 5.30. The molecule has 1 heterocycles. The summed E-state index contributed by atoms with van der Waals surface area (Å²) in [6, 6.07) is 3.41. The van der Waals surface area contributed by atoms with E-state index in [-0.39, 0.29) is 22.9 Å². The van der Waals surface area contributed by atoms with Crippen LogP contribution >= 0.6 is 0 Å². The van der Waals surface area contributed by atoms with Gasteiger partial charge in [0.15, 0.2) is 0 Å². The highest BCUT2D eigenvalue weighted by molar-refractivity contribution is 5.98. The van der Waals surface area contributed by atoms with Crippen molar-refractivity contribution in [3.8, 4) is 5.75 Å². The number of hydrogen-bond acceptors (Lipinski definition) is 5. The number of nitro benzene ring substituents is 1. The van der Waals surface area contributed by atoms with Gasteiger partial charge in [-0.2, -0.15) is 0 Å². The maximum Gasteiger partial charge on any atom is 0.282 e. The van der Waals surface area contributed by atoms with Crippen LogP contribution in [0.25, 0.3) is 0 Å². The molecule has 7 heteroatoms. The molecule has 2 N–H and O–H groups in total. The Morgan fingerprint density at radius 1 is 1.55 bits per heavy atom. The highest BCUT2D eigenvalue weighted by Gasteiger charge is 2.22. The molecule has 1 amide bonds. The Morgan fingerprint density at radius 2 is 2.35 bits per heavy atom. The molecule has 1 aliphatic rings. The molecule has 20 heavy (non-hydrogen) atoms. The van der Waals surface area contributed by atoms with Gasteiger partial charge in [0.2, 0.25) is 0 Å². The summed E-state index contributed by atoms with van der Waals surface area (Å²) in [7, 11) is 0. The first kappa shape index (κ1) is 14.3. The van der Waals surface area contributed by atoms with E-state index in [1.54, 1.807) is 0 Å². The van der Waals surface area contributed by atoms with Crippen molar-refractivity contribution in [3.05, 3.63) is 33.9 Å². The number of nitro groups is 1. The molecular weight excluding hydrogens is 264 g/mol. The fourth-order valence-electron chi connectivity index (χ4n) is 2.17. The second kappa shape index (κ2) is 6.33.